The molecule has 3 rings (SSSR count). The number of pyridine rings is 2. The molecule has 0 unspecified atom stereocenters. The summed E-state index contributed by atoms with van der Waals surface area (Å²) in [6.07, 6.45) is 4.42. The molecule has 3 aromatic rings. The summed E-state index contributed by atoms with van der Waals surface area (Å²) in [6.45, 7) is 0. The third-order valence-corrected chi connectivity index (χ3v) is 2.88. The lowest BCUT2D eigenvalue weighted by Gasteiger charge is -1.97. The Kier molecular flexibility index (Phi) is 3.63. The van der Waals surface area contributed by atoms with Gasteiger partial charge < -0.3 is 0 Å². The van der Waals surface area contributed by atoms with Crippen molar-refractivity contribution in [2.75, 3.05) is 0 Å². The molecule has 0 fully saturated rings. The maximum Gasteiger partial charge on any atom is 0.167 e. The van der Waals surface area contributed by atoms with E-state index in [1.54, 1.807) is 18.5 Å². The molecular formula is C15H8ClFN4. The highest BCUT2D eigenvalue weighted by molar-refractivity contribution is 6.30. The third-order valence-electron chi connectivity index (χ3n) is 2.61. The van der Waals surface area contributed by atoms with Crippen LogP contribution in [0.25, 0.3) is 5.82 Å². The predicted molar refractivity (Wildman–Crippen MR) is 76.5 cm³/mol. The number of halogens is 2. The molecule has 0 aromatic carbocycles. The fourth-order valence-electron chi connectivity index (χ4n) is 1.63. The number of rotatable bonds is 1. The number of hydrogen-bond donors (Lipinski definition) is 0. The highest BCUT2D eigenvalue weighted by Gasteiger charge is 2.07. The van der Waals surface area contributed by atoms with E-state index in [0.717, 1.165) is 6.20 Å². The van der Waals surface area contributed by atoms with E-state index >= 15 is 0 Å². The maximum atomic E-state index is 12.8. The van der Waals surface area contributed by atoms with Gasteiger partial charge >= 0.3 is 0 Å². The van der Waals surface area contributed by atoms with Crippen molar-refractivity contribution in [1.29, 1.82) is 0 Å². The second-order valence-corrected chi connectivity index (χ2v) is 4.44. The number of aromatic nitrogens is 4. The number of nitrogens with zero attached hydrogens (tertiary/aromatic N) is 4. The topological polar surface area (TPSA) is 43.6 Å². The summed E-state index contributed by atoms with van der Waals surface area (Å²) in [5, 5.41) is 4.35. The monoisotopic (exact) mass is 298 g/mol. The minimum absolute atomic E-state index is 0.254. The molecule has 0 aliphatic heterocycles. The SMILES string of the molecule is Fc1ccc(-n2cc(C#Cc3ccccn3)c(Cl)n2)nc1. The van der Waals surface area contributed by atoms with Crippen LogP contribution in [0.1, 0.15) is 11.3 Å². The molecular weight excluding hydrogens is 291 g/mol. The van der Waals surface area contributed by atoms with Gasteiger partial charge in [-0.25, -0.2) is 19.0 Å². The minimum Gasteiger partial charge on any atom is -0.248 e. The van der Waals surface area contributed by atoms with Crippen molar-refractivity contribution in [3.8, 4) is 17.7 Å². The van der Waals surface area contributed by atoms with Crippen molar-refractivity contribution >= 4 is 11.6 Å². The highest BCUT2D eigenvalue weighted by atomic mass is 35.5. The zero-order chi connectivity index (χ0) is 14.7. The van der Waals surface area contributed by atoms with E-state index < -0.39 is 5.82 Å². The Balaban J connectivity index is 1.92. The smallest absolute Gasteiger partial charge is 0.167 e. The van der Waals surface area contributed by atoms with E-state index in [-0.39, 0.29) is 5.15 Å². The van der Waals surface area contributed by atoms with Gasteiger partial charge in [-0.05, 0) is 30.2 Å². The van der Waals surface area contributed by atoms with Crippen molar-refractivity contribution < 1.29 is 4.39 Å². The molecule has 3 heterocycles. The van der Waals surface area contributed by atoms with E-state index in [0.29, 0.717) is 17.1 Å². The fraction of sp³-hybridized carbons (Fsp3) is 0. The summed E-state index contributed by atoms with van der Waals surface area (Å²) in [7, 11) is 0. The molecule has 0 amide bonds. The van der Waals surface area contributed by atoms with E-state index in [2.05, 4.69) is 26.9 Å². The summed E-state index contributed by atoms with van der Waals surface area (Å²) in [5.41, 5.74) is 1.19. The van der Waals surface area contributed by atoms with Crippen LogP contribution in [0.4, 0.5) is 4.39 Å². The molecule has 102 valence electrons. The molecule has 0 aliphatic carbocycles. The average molecular weight is 299 g/mol. The Morgan fingerprint density at radius 2 is 2.00 bits per heavy atom. The molecule has 3 aromatic heterocycles. The van der Waals surface area contributed by atoms with Gasteiger partial charge in [0.1, 0.15) is 11.5 Å². The van der Waals surface area contributed by atoms with E-state index in [1.165, 1.54) is 16.8 Å². The van der Waals surface area contributed by atoms with Crippen molar-refractivity contribution in [1.82, 2.24) is 19.7 Å². The standard InChI is InChI=1S/C15H8ClFN4/c16-15-11(4-6-13-3-1-2-8-18-13)10-21(20-15)14-7-5-12(17)9-19-14/h1-3,5,7-10H. The molecule has 21 heavy (non-hydrogen) atoms. The van der Waals surface area contributed by atoms with Gasteiger partial charge in [0.15, 0.2) is 11.0 Å². The normalized spacial score (nSPS) is 10.0. The minimum atomic E-state index is -0.410. The van der Waals surface area contributed by atoms with Crippen molar-refractivity contribution in [3.63, 3.8) is 0 Å². The van der Waals surface area contributed by atoms with Crippen molar-refractivity contribution in [3.05, 3.63) is 71.2 Å². The van der Waals surface area contributed by atoms with E-state index in [1.807, 2.05) is 12.1 Å². The molecule has 0 N–H and O–H groups in total. The molecule has 0 radical (unpaired) electrons. The van der Waals surface area contributed by atoms with Crippen LogP contribution in [0.2, 0.25) is 5.15 Å². The lowest BCUT2D eigenvalue weighted by molar-refractivity contribution is 0.619. The predicted octanol–water partition coefficient (Wildman–Crippen LogP) is 2.85. The zero-order valence-electron chi connectivity index (χ0n) is 10.7. The van der Waals surface area contributed by atoms with Gasteiger partial charge in [0, 0.05) is 12.4 Å². The molecule has 0 aliphatic rings. The van der Waals surface area contributed by atoms with Crippen LogP contribution in [-0.2, 0) is 0 Å². The van der Waals surface area contributed by atoms with Crippen LogP contribution < -0.4 is 0 Å². The fourth-order valence-corrected chi connectivity index (χ4v) is 1.80. The van der Waals surface area contributed by atoms with Gasteiger partial charge in [-0.3, -0.25) is 0 Å². The Labute approximate surface area is 125 Å². The first kappa shape index (κ1) is 13.3. The summed E-state index contributed by atoms with van der Waals surface area (Å²) in [5.74, 6) is 5.85. The number of hydrogen-bond acceptors (Lipinski definition) is 3. The first-order valence-electron chi connectivity index (χ1n) is 6.02. The highest BCUT2D eigenvalue weighted by Crippen LogP contribution is 2.15. The molecule has 6 heteroatoms. The summed E-state index contributed by atoms with van der Waals surface area (Å²) in [4.78, 5) is 8.03. The zero-order valence-corrected chi connectivity index (χ0v) is 11.4. The largest absolute Gasteiger partial charge is 0.248 e. The van der Waals surface area contributed by atoms with Crippen LogP contribution in [0.5, 0.6) is 0 Å². The summed E-state index contributed by atoms with van der Waals surface area (Å²) >= 11 is 6.04. The maximum absolute atomic E-state index is 12.8. The van der Waals surface area contributed by atoms with Crippen LogP contribution in [0, 0.1) is 17.7 Å². The second kappa shape index (κ2) is 5.73. The van der Waals surface area contributed by atoms with Gasteiger partial charge in [0.05, 0.1) is 11.8 Å². The lowest BCUT2D eigenvalue weighted by Crippen LogP contribution is -1.97. The Hall–Kier alpha value is -2.71. The summed E-state index contributed by atoms with van der Waals surface area (Å²) in [6, 6.07) is 8.28. The van der Waals surface area contributed by atoms with Gasteiger partial charge in [0.2, 0.25) is 0 Å². The van der Waals surface area contributed by atoms with Gasteiger partial charge in [-0.15, -0.1) is 0 Å². The van der Waals surface area contributed by atoms with Crippen LogP contribution in [0.15, 0.2) is 48.9 Å². The summed E-state index contributed by atoms with van der Waals surface area (Å²) < 4.78 is 14.3. The molecule has 0 saturated carbocycles. The van der Waals surface area contributed by atoms with Crippen molar-refractivity contribution in [2.24, 2.45) is 0 Å². The Bertz CT molecular complexity index is 816. The van der Waals surface area contributed by atoms with Crippen molar-refractivity contribution in [2.45, 2.75) is 0 Å². The average Bonchev–Trinajstić information content (AvgIpc) is 2.88. The van der Waals surface area contributed by atoms with Gasteiger partial charge in [0.25, 0.3) is 0 Å². The first-order chi connectivity index (χ1) is 10.2. The molecule has 0 atom stereocenters. The van der Waals surface area contributed by atoms with Crippen LogP contribution in [-0.4, -0.2) is 19.7 Å². The first-order valence-corrected chi connectivity index (χ1v) is 6.40. The lowest BCUT2D eigenvalue weighted by atomic mass is 10.3. The molecule has 0 spiro atoms. The van der Waals surface area contributed by atoms with Crippen LogP contribution >= 0.6 is 11.6 Å². The Morgan fingerprint density at radius 1 is 1.10 bits per heavy atom. The van der Waals surface area contributed by atoms with E-state index in [4.69, 9.17) is 11.6 Å². The molecule has 4 nitrogen and oxygen atoms in total. The van der Waals surface area contributed by atoms with Gasteiger partial charge in [-0.2, -0.15) is 5.10 Å². The second-order valence-electron chi connectivity index (χ2n) is 4.08. The van der Waals surface area contributed by atoms with Crippen LogP contribution in [0.3, 0.4) is 0 Å². The van der Waals surface area contributed by atoms with E-state index in [9.17, 15) is 4.39 Å². The molecule has 0 bridgehead atoms. The Morgan fingerprint density at radius 3 is 2.71 bits per heavy atom. The quantitative estimate of drug-likeness (QED) is 0.649. The third kappa shape index (κ3) is 3.07. The molecule has 0 saturated heterocycles. The van der Waals surface area contributed by atoms with Gasteiger partial charge in [-0.1, -0.05) is 23.6 Å².